The van der Waals surface area contributed by atoms with Crippen LogP contribution in [0.3, 0.4) is 0 Å². The Hall–Kier alpha value is -3.25. The first-order valence-electron chi connectivity index (χ1n) is 8.72. The van der Waals surface area contributed by atoms with Crippen LogP contribution in [0, 0.1) is 29.6 Å². The average Bonchev–Trinajstić information content (AvgIpc) is 2.69. The van der Waals surface area contributed by atoms with Crippen molar-refractivity contribution in [3.05, 3.63) is 65.5 Å². The standard InChI is InChI=1S/C23H21NO4/c1-23(2,28)20(22(27)16-25)14-21(26)19-11-9-17(10-12-19)6-3-4-7-18-8-5-13-24-15-18/h5,8-13,15,20,25,28H,14,16H2,1-2H3/t20-/m1/s1. The summed E-state index contributed by atoms with van der Waals surface area (Å²) in [7, 11) is 0. The fourth-order valence-electron chi connectivity index (χ4n) is 2.55. The summed E-state index contributed by atoms with van der Waals surface area (Å²) < 4.78 is 0. The van der Waals surface area contributed by atoms with Crippen LogP contribution in [0.5, 0.6) is 0 Å². The molecular formula is C23H21NO4. The zero-order valence-electron chi connectivity index (χ0n) is 15.8. The fraction of sp³-hybridized carbons (Fsp3) is 0.261. The first kappa shape index (κ1) is 21.1. The van der Waals surface area contributed by atoms with Crippen LogP contribution in [0.4, 0.5) is 0 Å². The average molecular weight is 375 g/mol. The van der Waals surface area contributed by atoms with Crippen LogP contribution in [0.2, 0.25) is 0 Å². The van der Waals surface area contributed by atoms with Crippen molar-refractivity contribution < 1.29 is 19.8 Å². The van der Waals surface area contributed by atoms with E-state index in [-0.39, 0.29) is 12.2 Å². The number of aromatic nitrogens is 1. The number of ketones is 2. The summed E-state index contributed by atoms with van der Waals surface area (Å²) in [5, 5.41) is 19.2. The molecule has 1 aromatic carbocycles. The van der Waals surface area contributed by atoms with Crippen molar-refractivity contribution in [2.45, 2.75) is 25.9 Å². The van der Waals surface area contributed by atoms with Gasteiger partial charge in [0.05, 0.1) is 11.5 Å². The highest BCUT2D eigenvalue weighted by Gasteiger charge is 2.34. The van der Waals surface area contributed by atoms with Crippen LogP contribution in [-0.4, -0.2) is 39.0 Å². The number of carbonyl (C=O) groups excluding carboxylic acids is 2. The van der Waals surface area contributed by atoms with Gasteiger partial charge in [0, 0.05) is 35.5 Å². The summed E-state index contributed by atoms with van der Waals surface area (Å²) in [6, 6.07) is 10.3. The van der Waals surface area contributed by atoms with E-state index in [1.54, 1.807) is 42.7 Å². The minimum atomic E-state index is -1.40. The molecule has 1 aromatic heterocycles. The van der Waals surface area contributed by atoms with Crippen LogP contribution in [0.15, 0.2) is 48.8 Å². The van der Waals surface area contributed by atoms with Gasteiger partial charge in [-0.2, -0.15) is 0 Å². The molecule has 0 aliphatic rings. The van der Waals surface area contributed by atoms with E-state index in [4.69, 9.17) is 5.11 Å². The van der Waals surface area contributed by atoms with Crippen LogP contribution >= 0.6 is 0 Å². The molecule has 5 nitrogen and oxygen atoms in total. The smallest absolute Gasteiger partial charge is 0.164 e. The Morgan fingerprint density at radius 2 is 1.71 bits per heavy atom. The van der Waals surface area contributed by atoms with Gasteiger partial charge in [0.25, 0.3) is 0 Å². The van der Waals surface area contributed by atoms with Gasteiger partial charge >= 0.3 is 0 Å². The third kappa shape index (κ3) is 6.17. The lowest BCUT2D eigenvalue weighted by Crippen LogP contribution is -2.39. The Morgan fingerprint density at radius 1 is 1.07 bits per heavy atom. The van der Waals surface area contributed by atoms with Crippen molar-refractivity contribution in [3.8, 4) is 23.7 Å². The van der Waals surface area contributed by atoms with Gasteiger partial charge in [0.1, 0.15) is 6.61 Å². The zero-order chi connectivity index (χ0) is 20.6. The van der Waals surface area contributed by atoms with Gasteiger partial charge < -0.3 is 10.2 Å². The van der Waals surface area contributed by atoms with Crippen LogP contribution < -0.4 is 0 Å². The van der Waals surface area contributed by atoms with E-state index in [0.717, 1.165) is 5.56 Å². The number of nitrogens with zero attached hydrogens (tertiary/aromatic N) is 1. The molecule has 1 atom stereocenters. The number of rotatable bonds is 6. The third-order valence-corrected chi connectivity index (χ3v) is 4.13. The van der Waals surface area contributed by atoms with Gasteiger partial charge in [-0.25, -0.2) is 0 Å². The maximum atomic E-state index is 12.4. The molecule has 2 rings (SSSR count). The van der Waals surface area contributed by atoms with Crippen molar-refractivity contribution in [1.82, 2.24) is 4.98 Å². The number of pyridine rings is 1. The van der Waals surface area contributed by atoms with E-state index in [1.807, 2.05) is 6.07 Å². The highest BCUT2D eigenvalue weighted by atomic mass is 16.3. The minimum Gasteiger partial charge on any atom is -0.390 e. The highest BCUT2D eigenvalue weighted by molar-refractivity contribution is 5.99. The van der Waals surface area contributed by atoms with Crippen molar-refractivity contribution in [2.24, 2.45) is 5.92 Å². The first-order chi connectivity index (χ1) is 13.3. The third-order valence-electron chi connectivity index (χ3n) is 4.13. The number of aliphatic hydroxyl groups is 2. The van der Waals surface area contributed by atoms with Gasteiger partial charge in [-0.3, -0.25) is 14.6 Å². The summed E-state index contributed by atoms with van der Waals surface area (Å²) in [6.45, 7) is 2.18. The molecule has 0 spiro atoms. The van der Waals surface area contributed by atoms with Gasteiger partial charge in [-0.15, -0.1) is 0 Å². The number of hydrogen-bond donors (Lipinski definition) is 2. The normalized spacial score (nSPS) is 11.4. The maximum absolute atomic E-state index is 12.4. The number of carbonyl (C=O) groups is 2. The van der Waals surface area contributed by atoms with Crippen molar-refractivity contribution >= 4 is 11.6 Å². The monoisotopic (exact) mass is 375 g/mol. The lowest BCUT2D eigenvalue weighted by Gasteiger charge is -2.27. The predicted molar refractivity (Wildman–Crippen MR) is 105 cm³/mol. The van der Waals surface area contributed by atoms with Gasteiger partial charge in [-0.1, -0.05) is 24.0 Å². The van der Waals surface area contributed by atoms with Gasteiger partial charge in [0.15, 0.2) is 11.6 Å². The molecule has 0 radical (unpaired) electrons. The second-order valence-corrected chi connectivity index (χ2v) is 6.78. The first-order valence-corrected chi connectivity index (χ1v) is 8.72. The number of aliphatic hydroxyl groups excluding tert-OH is 1. The van der Waals surface area contributed by atoms with E-state index in [1.165, 1.54) is 13.8 Å². The van der Waals surface area contributed by atoms with Gasteiger partial charge in [-0.05, 0) is 50.0 Å². The second-order valence-electron chi connectivity index (χ2n) is 6.78. The molecule has 0 fully saturated rings. The molecule has 28 heavy (non-hydrogen) atoms. The summed E-state index contributed by atoms with van der Waals surface area (Å²) in [5.74, 6) is 9.44. The van der Waals surface area contributed by atoms with E-state index >= 15 is 0 Å². The molecule has 0 aliphatic heterocycles. The quantitative estimate of drug-likeness (QED) is 0.596. The number of benzene rings is 1. The molecule has 142 valence electrons. The molecule has 5 heteroatoms. The zero-order valence-corrected chi connectivity index (χ0v) is 15.8. The van der Waals surface area contributed by atoms with Crippen LogP contribution in [0.25, 0.3) is 0 Å². The van der Waals surface area contributed by atoms with E-state index in [9.17, 15) is 14.7 Å². The maximum Gasteiger partial charge on any atom is 0.164 e. The van der Waals surface area contributed by atoms with Crippen molar-refractivity contribution in [2.75, 3.05) is 6.61 Å². The summed E-state index contributed by atoms with van der Waals surface area (Å²) >= 11 is 0. The number of Topliss-reactive ketones (excluding diaryl/α,β-unsaturated/α-hetero) is 2. The molecule has 2 aromatic rings. The Labute approximate surface area is 164 Å². The van der Waals surface area contributed by atoms with Gasteiger partial charge in [0.2, 0.25) is 0 Å². The lowest BCUT2D eigenvalue weighted by molar-refractivity contribution is -0.133. The SMILES string of the molecule is CC(C)(O)[C@H](CC(=O)c1ccc(C#CC#Cc2cccnc2)cc1)C(=O)CO. The Morgan fingerprint density at radius 3 is 2.25 bits per heavy atom. The molecule has 0 unspecified atom stereocenters. The Balaban J connectivity index is 2.06. The molecule has 0 amide bonds. The molecule has 0 saturated carbocycles. The summed E-state index contributed by atoms with van der Waals surface area (Å²) in [5.41, 5.74) is 0.486. The van der Waals surface area contributed by atoms with E-state index in [2.05, 4.69) is 28.7 Å². The largest absolute Gasteiger partial charge is 0.390 e. The minimum absolute atomic E-state index is 0.176. The fourth-order valence-corrected chi connectivity index (χ4v) is 2.55. The molecule has 1 heterocycles. The van der Waals surface area contributed by atoms with Crippen LogP contribution in [0.1, 0.15) is 41.8 Å². The number of hydrogen-bond acceptors (Lipinski definition) is 5. The molecular weight excluding hydrogens is 354 g/mol. The van der Waals surface area contributed by atoms with E-state index < -0.39 is 23.9 Å². The molecule has 0 bridgehead atoms. The Kier molecular flexibility index (Phi) is 7.23. The molecule has 0 aliphatic carbocycles. The summed E-state index contributed by atoms with van der Waals surface area (Å²) in [4.78, 5) is 28.2. The molecule has 2 N–H and O–H groups in total. The lowest BCUT2D eigenvalue weighted by atomic mass is 9.82. The molecule has 0 saturated heterocycles. The van der Waals surface area contributed by atoms with E-state index in [0.29, 0.717) is 11.1 Å². The second kappa shape index (κ2) is 9.62. The summed E-state index contributed by atoms with van der Waals surface area (Å²) in [6.07, 6.45) is 3.14. The van der Waals surface area contributed by atoms with Crippen LogP contribution in [-0.2, 0) is 4.79 Å². The topological polar surface area (TPSA) is 87.5 Å². The van der Waals surface area contributed by atoms with Crippen molar-refractivity contribution in [3.63, 3.8) is 0 Å². The predicted octanol–water partition coefficient (Wildman–Crippen LogP) is 2.01. The highest BCUT2D eigenvalue weighted by Crippen LogP contribution is 2.23. The Bertz CT molecular complexity index is 949. The van der Waals surface area contributed by atoms with Crippen molar-refractivity contribution in [1.29, 1.82) is 0 Å².